The van der Waals surface area contributed by atoms with Gasteiger partial charge in [-0.2, -0.15) is 11.8 Å². The van der Waals surface area contributed by atoms with E-state index in [-0.39, 0.29) is 0 Å². The average molecular weight is 277 g/mol. The number of carboxylic acid groups (broad SMARTS) is 1. The molecule has 1 fully saturated rings. The van der Waals surface area contributed by atoms with E-state index in [2.05, 4.69) is 24.1 Å². The van der Waals surface area contributed by atoms with Gasteiger partial charge in [0.15, 0.2) is 0 Å². The molecule has 4 heteroatoms. The first kappa shape index (κ1) is 14.2. The summed E-state index contributed by atoms with van der Waals surface area (Å²) in [7, 11) is 2.18. The summed E-state index contributed by atoms with van der Waals surface area (Å²) in [5, 5.41) is 8.57. The fourth-order valence-corrected chi connectivity index (χ4v) is 3.49. The largest absolute Gasteiger partial charge is 0.478 e. The number of hydrogen-bond donors (Lipinski definition) is 1. The van der Waals surface area contributed by atoms with Gasteiger partial charge in [0.25, 0.3) is 0 Å². The second-order valence-corrected chi connectivity index (χ2v) is 6.00. The van der Waals surface area contributed by atoms with Gasteiger partial charge in [0, 0.05) is 24.4 Å². The van der Waals surface area contributed by atoms with Crippen molar-refractivity contribution in [2.24, 2.45) is 0 Å². The Morgan fingerprint density at radius 2 is 2.21 bits per heavy atom. The van der Waals surface area contributed by atoms with Gasteiger partial charge in [0.1, 0.15) is 0 Å². The predicted molar refractivity (Wildman–Crippen MR) is 80.3 cm³/mol. The van der Waals surface area contributed by atoms with Crippen LogP contribution in [0, 0.1) is 0 Å². The maximum atomic E-state index is 10.4. The number of rotatable bonds is 5. The molecule has 0 bridgehead atoms. The molecule has 0 radical (unpaired) electrons. The minimum absolute atomic E-state index is 0.691. The highest BCUT2D eigenvalue weighted by Gasteiger charge is 2.19. The van der Waals surface area contributed by atoms with Crippen molar-refractivity contribution in [3.8, 4) is 0 Å². The summed E-state index contributed by atoms with van der Waals surface area (Å²) < 4.78 is 0. The Hall–Kier alpha value is -1.26. The molecule has 1 heterocycles. The minimum Gasteiger partial charge on any atom is -0.478 e. The molecule has 0 amide bonds. The van der Waals surface area contributed by atoms with Crippen molar-refractivity contribution < 1.29 is 9.90 Å². The number of carbonyl (C=O) groups is 1. The van der Waals surface area contributed by atoms with Crippen molar-refractivity contribution in [3.05, 3.63) is 41.5 Å². The maximum absolute atomic E-state index is 10.4. The van der Waals surface area contributed by atoms with E-state index in [0.717, 1.165) is 18.2 Å². The molecule has 0 aromatic heterocycles. The summed E-state index contributed by atoms with van der Waals surface area (Å²) in [5.74, 6) is 1.59. The fraction of sp³-hybridized carbons (Fsp3) is 0.400. The molecule has 1 unspecified atom stereocenters. The van der Waals surface area contributed by atoms with Crippen molar-refractivity contribution >= 4 is 23.8 Å². The lowest BCUT2D eigenvalue weighted by Crippen LogP contribution is -2.30. The molecule has 1 aliphatic rings. The molecule has 1 saturated heterocycles. The minimum atomic E-state index is -0.914. The summed E-state index contributed by atoms with van der Waals surface area (Å²) in [6.45, 7) is 0.953. The highest BCUT2D eigenvalue weighted by Crippen LogP contribution is 2.22. The Morgan fingerprint density at radius 3 is 2.79 bits per heavy atom. The molecule has 19 heavy (non-hydrogen) atoms. The van der Waals surface area contributed by atoms with Crippen molar-refractivity contribution in [3.63, 3.8) is 0 Å². The van der Waals surface area contributed by atoms with Gasteiger partial charge in [-0.15, -0.1) is 0 Å². The van der Waals surface area contributed by atoms with Gasteiger partial charge in [0.05, 0.1) is 0 Å². The van der Waals surface area contributed by atoms with Crippen molar-refractivity contribution in [2.75, 3.05) is 18.6 Å². The first-order valence-electron chi connectivity index (χ1n) is 6.43. The van der Waals surface area contributed by atoms with Crippen molar-refractivity contribution in [1.82, 2.24) is 4.90 Å². The van der Waals surface area contributed by atoms with Crippen LogP contribution in [0.3, 0.4) is 0 Å². The lowest BCUT2D eigenvalue weighted by molar-refractivity contribution is -0.131. The topological polar surface area (TPSA) is 40.5 Å². The molecule has 3 nitrogen and oxygen atoms in total. The van der Waals surface area contributed by atoms with Gasteiger partial charge >= 0.3 is 5.97 Å². The van der Waals surface area contributed by atoms with E-state index in [9.17, 15) is 4.79 Å². The quantitative estimate of drug-likeness (QED) is 0.840. The monoisotopic (exact) mass is 277 g/mol. The van der Waals surface area contributed by atoms with Crippen LogP contribution in [0.1, 0.15) is 17.5 Å². The number of hydrogen-bond acceptors (Lipinski definition) is 3. The van der Waals surface area contributed by atoms with E-state index in [1.165, 1.54) is 23.5 Å². The van der Waals surface area contributed by atoms with Gasteiger partial charge in [-0.1, -0.05) is 24.3 Å². The molecule has 0 saturated carbocycles. The summed E-state index contributed by atoms with van der Waals surface area (Å²) in [4.78, 5) is 12.8. The van der Waals surface area contributed by atoms with E-state index >= 15 is 0 Å². The highest BCUT2D eigenvalue weighted by molar-refractivity contribution is 7.99. The smallest absolute Gasteiger partial charge is 0.328 e. The summed E-state index contributed by atoms with van der Waals surface area (Å²) in [5.41, 5.74) is 2.19. The standard InChI is InChI=1S/C15H19NO2S/c1-16(14-8-9-19-11-14)10-13-4-2-12(3-5-13)6-7-15(17)18/h2-7,14H,8-11H2,1H3,(H,17,18)/b7-6+. The van der Waals surface area contributed by atoms with Gasteiger partial charge in [0.2, 0.25) is 0 Å². The van der Waals surface area contributed by atoms with E-state index in [4.69, 9.17) is 5.11 Å². The normalized spacial score (nSPS) is 19.4. The van der Waals surface area contributed by atoms with Crippen LogP contribution in [0.2, 0.25) is 0 Å². The van der Waals surface area contributed by atoms with E-state index in [1.54, 1.807) is 6.08 Å². The molecule has 1 aromatic carbocycles. The molecule has 1 atom stereocenters. The molecular weight excluding hydrogens is 258 g/mol. The predicted octanol–water partition coefficient (Wildman–Crippen LogP) is 2.72. The van der Waals surface area contributed by atoms with Crippen LogP contribution in [-0.2, 0) is 11.3 Å². The van der Waals surface area contributed by atoms with Crippen LogP contribution in [0.5, 0.6) is 0 Å². The molecule has 0 spiro atoms. The first-order chi connectivity index (χ1) is 9.15. The zero-order chi connectivity index (χ0) is 13.7. The molecule has 1 aliphatic heterocycles. The SMILES string of the molecule is CN(Cc1ccc(/C=C/C(=O)O)cc1)C1CCSC1. The summed E-state index contributed by atoms with van der Waals surface area (Å²) in [6.07, 6.45) is 4.06. The van der Waals surface area contributed by atoms with Gasteiger partial charge in [-0.05, 0) is 36.4 Å². The zero-order valence-corrected chi connectivity index (χ0v) is 11.9. The van der Waals surface area contributed by atoms with Gasteiger partial charge in [-0.25, -0.2) is 4.79 Å². The van der Waals surface area contributed by atoms with Crippen LogP contribution in [0.25, 0.3) is 6.08 Å². The number of carboxylic acids is 1. The highest BCUT2D eigenvalue weighted by atomic mass is 32.2. The van der Waals surface area contributed by atoms with Crippen LogP contribution in [0.15, 0.2) is 30.3 Å². The lowest BCUT2D eigenvalue weighted by atomic mass is 10.1. The Morgan fingerprint density at radius 1 is 1.47 bits per heavy atom. The lowest BCUT2D eigenvalue weighted by Gasteiger charge is -2.23. The number of aliphatic carboxylic acids is 1. The van der Waals surface area contributed by atoms with Crippen molar-refractivity contribution in [1.29, 1.82) is 0 Å². The third-order valence-corrected chi connectivity index (χ3v) is 4.50. The van der Waals surface area contributed by atoms with Crippen LogP contribution < -0.4 is 0 Å². The molecule has 1 N–H and O–H groups in total. The second kappa shape index (κ2) is 6.78. The first-order valence-corrected chi connectivity index (χ1v) is 7.58. The molecule has 102 valence electrons. The van der Waals surface area contributed by atoms with Crippen LogP contribution >= 0.6 is 11.8 Å². The van der Waals surface area contributed by atoms with Gasteiger partial charge < -0.3 is 5.11 Å². The Balaban J connectivity index is 1.92. The average Bonchev–Trinajstić information content (AvgIpc) is 2.92. The molecule has 2 rings (SSSR count). The van der Waals surface area contributed by atoms with E-state index in [0.29, 0.717) is 6.04 Å². The summed E-state index contributed by atoms with van der Waals surface area (Å²) >= 11 is 2.03. The maximum Gasteiger partial charge on any atom is 0.328 e. The van der Waals surface area contributed by atoms with Gasteiger partial charge in [-0.3, -0.25) is 4.90 Å². The molecule has 0 aliphatic carbocycles. The fourth-order valence-electron chi connectivity index (χ4n) is 2.19. The van der Waals surface area contributed by atoms with Crippen molar-refractivity contribution in [2.45, 2.75) is 19.0 Å². The van der Waals surface area contributed by atoms with Crippen LogP contribution in [-0.4, -0.2) is 40.6 Å². The number of benzene rings is 1. The van der Waals surface area contributed by atoms with E-state index in [1.807, 2.05) is 23.9 Å². The second-order valence-electron chi connectivity index (χ2n) is 4.85. The molecule has 1 aromatic rings. The Kier molecular flexibility index (Phi) is 5.05. The van der Waals surface area contributed by atoms with Crippen LogP contribution in [0.4, 0.5) is 0 Å². The molecular formula is C15H19NO2S. The number of thioether (sulfide) groups is 1. The number of nitrogens with zero attached hydrogens (tertiary/aromatic N) is 1. The van der Waals surface area contributed by atoms with E-state index < -0.39 is 5.97 Å². The third kappa shape index (κ3) is 4.40. The third-order valence-electron chi connectivity index (χ3n) is 3.36. The summed E-state index contributed by atoms with van der Waals surface area (Å²) in [6, 6.07) is 8.76. The Bertz CT molecular complexity index is 450. The zero-order valence-electron chi connectivity index (χ0n) is 11.1. The Labute approximate surface area is 118 Å².